The highest BCUT2D eigenvalue weighted by Crippen LogP contribution is 2.17. The van der Waals surface area contributed by atoms with Gasteiger partial charge in [0.1, 0.15) is 0 Å². The summed E-state index contributed by atoms with van der Waals surface area (Å²) >= 11 is 0. The molecule has 0 aromatic heterocycles. The van der Waals surface area contributed by atoms with Crippen molar-refractivity contribution in [3.63, 3.8) is 0 Å². The first-order valence-electron chi connectivity index (χ1n) is 6.16. The molecule has 2 rings (SSSR count). The van der Waals surface area contributed by atoms with Gasteiger partial charge in [-0.2, -0.15) is 0 Å². The molecule has 1 fully saturated rings. The Morgan fingerprint density at radius 1 is 1.39 bits per heavy atom. The predicted octanol–water partition coefficient (Wildman–Crippen LogP) is 1.39. The molecule has 1 aliphatic heterocycles. The Morgan fingerprint density at radius 3 is 2.72 bits per heavy atom. The number of piperidine rings is 1. The van der Waals surface area contributed by atoms with Crippen molar-refractivity contribution >= 4 is 11.8 Å². The lowest BCUT2D eigenvalue weighted by atomic mass is 10.0. The third-order valence-corrected chi connectivity index (χ3v) is 3.32. The van der Waals surface area contributed by atoms with E-state index in [1.165, 1.54) is 4.90 Å². The number of likely N-dealkylation sites (tertiary alicyclic amines) is 1. The summed E-state index contributed by atoms with van der Waals surface area (Å²) in [5.41, 5.74) is 8.33. The van der Waals surface area contributed by atoms with E-state index in [1.54, 1.807) is 6.07 Å². The highest BCUT2D eigenvalue weighted by molar-refractivity contribution is 6.05. The largest absolute Gasteiger partial charge is 0.327 e. The minimum Gasteiger partial charge on any atom is -0.327 e. The predicted molar refractivity (Wildman–Crippen MR) is 69.2 cm³/mol. The Morgan fingerprint density at radius 2 is 2.11 bits per heavy atom. The Hall–Kier alpha value is -1.68. The second-order valence-electron chi connectivity index (χ2n) is 4.92. The van der Waals surface area contributed by atoms with Crippen molar-refractivity contribution in [1.29, 1.82) is 0 Å². The molecular formula is C14H18N2O2. The van der Waals surface area contributed by atoms with Crippen molar-refractivity contribution in [3.05, 3.63) is 34.9 Å². The van der Waals surface area contributed by atoms with Crippen LogP contribution in [0.3, 0.4) is 0 Å². The lowest BCUT2D eigenvalue weighted by Gasteiger charge is -2.28. The fourth-order valence-electron chi connectivity index (χ4n) is 2.27. The van der Waals surface area contributed by atoms with E-state index in [4.69, 9.17) is 5.73 Å². The topological polar surface area (TPSA) is 63.4 Å². The molecular weight excluding hydrogens is 228 g/mol. The molecule has 0 aliphatic carbocycles. The molecule has 0 spiro atoms. The highest BCUT2D eigenvalue weighted by atomic mass is 16.2. The van der Waals surface area contributed by atoms with Gasteiger partial charge in [0.15, 0.2) is 0 Å². The van der Waals surface area contributed by atoms with Crippen LogP contribution >= 0.6 is 0 Å². The molecule has 18 heavy (non-hydrogen) atoms. The molecule has 1 unspecified atom stereocenters. The first kappa shape index (κ1) is 12.8. The van der Waals surface area contributed by atoms with E-state index in [2.05, 4.69) is 0 Å². The number of benzene rings is 1. The number of aryl methyl sites for hydroxylation is 2. The average Bonchev–Trinajstić information content (AvgIpc) is 2.28. The summed E-state index contributed by atoms with van der Waals surface area (Å²) in [4.78, 5) is 25.5. The number of carbonyl (C=O) groups excluding carboxylic acids is 2. The van der Waals surface area contributed by atoms with E-state index in [0.717, 1.165) is 11.1 Å². The van der Waals surface area contributed by atoms with Gasteiger partial charge < -0.3 is 5.73 Å². The molecule has 2 N–H and O–H groups in total. The van der Waals surface area contributed by atoms with Crippen molar-refractivity contribution in [1.82, 2.24) is 4.90 Å². The molecule has 0 saturated carbocycles. The van der Waals surface area contributed by atoms with Crippen LogP contribution in [0.15, 0.2) is 18.2 Å². The Balaban J connectivity index is 2.23. The van der Waals surface area contributed by atoms with Crippen LogP contribution in [0.5, 0.6) is 0 Å². The molecule has 4 heteroatoms. The maximum atomic E-state index is 12.3. The number of amides is 2. The van der Waals surface area contributed by atoms with E-state index >= 15 is 0 Å². The van der Waals surface area contributed by atoms with Gasteiger partial charge in [-0.25, -0.2) is 0 Å². The van der Waals surface area contributed by atoms with Gasteiger partial charge in [0.2, 0.25) is 5.91 Å². The third-order valence-electron chi connectivity index (χ3n) is 3.32. The molecule has 1 aromatic rings. The first-order valence-corrected chi connectivity index (χ1v) is 6.16. The fourth-order valence-corrected chi connectivity index (χ4v) is 2.27. The summed E-state index contributed by atoms with van der Waals surface area (Å²) in [6.45, 7) is 4.29. The summed E-state index contributed by atoms with van der Waals surface area (Å²) in [6, 6.07) is 5.52. The number of nitrogens with two attached hydrogens (primary N) is 1. The standard InChI is InChI=1S/C14H18N2O2/c1-9-3-4-12(10(2)7-9)14(18)16-6-5-11(15)8-13(16)17/h3-4,7,11H,5-6,8,15H2,1-2H3. The van der Waals surface area contributed by atoms with E-state index in [1.807, 2.05) is 26.0 Å². The van der Waals surface area contributed by atoms with Crippen LogP contribution in [0, 0.1) is 13.8 Å². The molecule has 0 bridgehead atoms. The van der Waals surface area contributed by atoms with Gasteiger partial charge in [-0.1, -0.05) is 17.7 Å². The second-order valence-corrected chi connectivity index (χ2v) is 4.92. The molecule has 1 aliphatic rings. The number of hydrogen-bond donors (Lipinski definition) is 1. The van der Waals surface area contributed by atoms with E-state index < -0.39 is 0 Å². The SMILES string of the molecule is Cc1ccc(C(=O)N2CCC(N)CC2=O)c(C)c1. The van der Waals surface area contributed by atoms with Gasteiger partial charge >= 0.3 is 0 Å². The quantitative estimate of drug-likeness (QED) is 0.762. The van der Waals surface area contributed by atoms with Crippen LogP contribution in [0.1, 0.15) is 34.3 Å². The van der Waals surface area contributed by atoms with Crippen LogP contribution in [0.25, 0.3) is 0 Å². The van der Waals surface area contributed by atoms with Gasteiger partial charge in [0.25, 0.3) is 5.91 Å². The van der Waals surface area contributed by atoms with E-state index in [-0.39, 0.29) is 24.3 Å². The number of nitrogens with zero attached hydrogens (tertiary/aromatic N) is 1. The first-order chi connectivity index (χ1) is 8.49. The summed E-state index contributed by atoms with van der Waals surface area (Å²) in [5, 5.41) is 0. The van der Waals surface area contributed by atoms with Crippen molar-refractivity contribution in [2.24, 2.45) is 5.73 Å². The van der Waals surface area contributed by atoms with Crippen LogP contribution < -0.4 is 5.73 Å². The monoisotopic (exact) mass is 246 g/mol. The van der Waals surface area contributed by atoms with Gasteiger partial charge in [0.05, 0.1) is 0 Å². The number of imide groups is 1. The molecule has 1 aromatic carbocycles. The minimum atomic E-state index is -0.204. The van der Waals surface area contributed by atoms with Gasteiger partial charge in [-0.15, -0.1) is 0 Å². The summed E-state index contributed by atoms with van der Waals surface area (Å²) in [5.74, 6) is -0.372. The zero-order chi connectivity index (χ0) is 13.3. The highest BCUT2D eigenvalue weighted by Gasteiger charge is 2.29. The Kier molecular flexibility index (Phi) is 3.48. The molecule has 1 heterocycles. The van der Waals surface area contributed by atoms with Crippen molar-refractivity contribution in [2.75, 3.05) is 6.54 Å². The third kappa shape index (κ3) is 2.43. The maximum Gasteiger partial charge on any atom is 0.260 e. The number of hydrogen-bond acceptors (Lipinski definition) is 3. The van der Waals surface area contributed by atoms with Crippen LogP contribution in [-0.2, 0) is 4.79 Å². The lowest BCUT2D eigenvalue weighted by Crippen LogP contribution is -2.47. The van der Waals surface area contributed by atoms with Crippen LogP contribution in [0.2, 0.25) is 0 Å². The molecule has 0 radical (unpaired) electrons. The molecule has 4 nitrogen and oxygen atoms in total. The summed E-state index contributed by atoms with van der Waals surface area (Å²) in [7, 11) is 0. The van der Waals surface area contributed by atoms with E-state index in [0.29, 0.717) is 18.5 Å². The zero-order valence-corrected chi connectivity index (χ0v) is 10.8. The fraction of sp³-hybridized carbons (Fsp3) is 0.429. The van der Waals surface area contributed by atoms with Crippen molar-refractivity contribution in [3.8, 4) is 0 Å². The number of carbonyl (C=O) groups is 2. The van der Waals surface area contributed by atoms with Gasteiger partial charge in [-0.05, 0) is 31.9 Å². The Bertz CT molecular complexity index is 497. The lowest BCUT2D eigenvalue weighted by molar-refractivity contribution is -0.130. The van der Waals surface area contributed by atoms with Crippen molar-refractivity contribution < 1.29 is 9.59 Å². The normalized spacial score (nSPS) is 20.1. The molecule has 96 valence electrons. The van der Waals surface area contributed by atoms with Crippen LogP contribution in [0.4, 0.5) is 0 Å². The smallest absolute Gasteiger partial charge is 0.260 e. The summed E-state index contributed by atoms with van der Waals surface area (Å²) in [6.07, 6.45) is 0.943. The van der Waals surface area contributed by atoms with Crippen molar-refractivity contribution in [2.45, 2.75) is 32.7 Å². The molecule has 1 saturated heterocycles. The molecule has 2 amide bonds. The zero-order valence-electron chi connectivity index (χ0n) is 10.8. The molecule has 1 atom stereocenters. The van der Waals surface area contributed by atoms with Gasteiger partial charge in [0, 0.05) is 24.6 Å². The van der Waals surface area contributed by atoms with Gasteiger partial charge in [-0.3, -0.25) is 14.5 Å². The number of rotatable bonds is 1. The summed E-state index contributed by atoms with van der Waals surface area (Å²) < 4.78 is 0. The Labute approximate surface area is 107 Å². The average molecular weight is 246 g/mol. The maximum absolute atomic E-state index is 12.3. The second kappa shape index (κ2) is 4.90. The van der Waals surface area contributed by atoms with Crippen LogP contribution in [-0.4, -0.2) is 29.3 Å². The minimum absolute atomic E-state index is 0.110. The van der Waals surface area contributed by atoms with E-state index in [9.17, 15) is 9.59 Å².